The number of furan rings is 1. The minimum atomic E-state index is -1.00. The zero-order chi connectivity index (χ0) is 27.6. The summed E-state index contributed by atoms with van der Waals surface area (Å²) in [5, 5.41) is 15.1. The number of aromatic nitrogens is 2. The van der Waals surface area contributed by atoms with Crippen molar-refractivity contribution in [3.8, 4) is 17.3 Å². The Kier molecular flexibility index (Phi) is 6.71. The van der Waals surface area contributed by atoms with Crippen LogP contribution in [0.25, 0.3) is 33.5 Å². The Morgan fingerprint density at radius 1 is 1.00 bits per heavy atom. The van der Waals surface area contributed by atoms with E-state index in [1.165, 1.54) is 17.0 Å². The Hall–Kier alpha value is -5.02. The highest BCUT2D eigenvalue weighted by Crippen LogP contribution is 2.29. The van der Waals surface area contributed by atoms with Gasteiger partial charge in [-0.1, -0.05) is 52.3 Å². The van der Waals surface area contributed by atoms with Crippen LogP contribution in [0.2, 0.25) is 0 Å². The molecular formula is C31H20BrN3O5. The first-order chi connectivity index (χ1) is 19.5. The Bertz CT molecular complexity index is 1990. The van der Waals surface area contributed by atoms with Crippen molar-refractivity contribution < 1.29 is 19.1 Å². The van der Waals surface area contributed by atoms with Crippen LogP contribution in [0, 0.1) is 0 Å². The highest BCUT2D eigenvalue weighted by molar-refractivity contribution is 9.10. The number of halogens is 1. The molecule has 40 heavy (non-hydrogen) atoms. The van der Waals surface area contributed by atoms with Crippen molar-refractivity contribution >= 4 is 50.0 Å². The van der Waals surface area contributed by atoms with Crippen molar-refractivity contribution in [2.45, 2.75) is 6.61 Å². The number of nitrogens with zero attached hydrogens (tertiary/aromatic N) is 3. The number of benzene rings is 4. The summed E-state index contributed by atoms with van der Waals surface area (Å²) in [6.45, 7) is 0.156. The molecule has 6 aromatic rings. The molecule has 196 valence electrons. The smallest absolute Gasteiger partial charge is 0.335 e. The number of hydrogen-bond donors (Lipinski definition) is 1. The monoisotopic (exact) mass is 593 g/mol. The van der Waals surface area contributed by atoms with E-state index in [-0.39, 0.29) is 23.6 Å². The van der Waals surface area contributed by atoms with E-state index < -0.39 is 5.97 Å². The average Bonchev–Trinajstić information content (AvgIpc) is 3.39. The summed E-state index contributed by atoms with van der Waals surface area (Å²) < 4.78 is 14.2. The molecule has 0 radical (unpaired) electrons. The minimum Gasteiger partial charge on any atom is -0.488 e. The summed E-state index contributed by atoms with van der Waals surface area (Å²) in [4.78, 5) is 29.6. The number of carboxylic acid groups (broad SMARTS) is 1. The first kappa shape index (κ1) is 25.3. The molecule has 2 heterocycles. The van der Waals surface area contributed by atoms with Gasteiger partial charge in [0.2, 0.25) is 5.82 Å². The molecule has 0 saturated heterocycles. The fourth-order valence-corrected chi connectivity index (χ4v) is 4.69. The van der Waals surface area contributed by atoms with Gasteiger partial charge < -0.3 is 14.3 Å². The van der Waals surface area contributed by atoms with Crippen LogP contribution in [0.3, 0.4) is 0 Å². The second-order valence-electron chi connectivity index (χ2n) is 8.94. The SMILES string of the molecule is O=C(O)c1cccc(COc2ccccc2C=Nn2c(-c3cc4cc(Br)ccc4o3)nc3ccccc3c2=O)c1. The Balaban J connectivity index is 1.39. The summed E-state index contributed by atoms with van der Waals surface area (Å²) in [7, 11) is 0. The van der Waals surface area contributed by atoms with Crippen LogP contribution in [0.15, 0.2) is 116 Å². The standard InChI is InChI=1S/C31H20BrN3O5/c32-23-12-13-27-22(15-23)16-28(40-27)29-34-25-10-3-2-9-24(25)30(36)35(29)33-17-21-7-1-4-11-26(21)39-18-19-6-5-8-20(14-19)31(37)38/h1-17H,18H2,(H,37,38). The van der Waals surface area contributed by atoms with Crippen LogP contribution in [0.1, 0.15) is 21.5 Å². The summed E-state index contributed by atoms with van der Waals surface area (Å²) in [6, 6.07) is 28.4. The zero-order valence-electron chi connectivity index (χ0n) is 20.8. The number of carboxylic acids is 1. The lowest BCUT2D eigenvalue weighted by Crippen LogP contribution is -2.20. The number of carbonyl (C=O) groups is 1. The molecule has 0 fully saturated rings. The fraction of sp³-hybridized carbons (Fsp3) is 0.0323. The van der Waals surface area contributed by atoms with Gasteiger partial charge in [-0.2, -0.15) is 9.78 Å². The summed E-state index contributed by atoms with van der Waals surface area (Å²) in [6.07, 6.45) is 1.53. The molecule has 4 aromatic carbocycles. The minimum absolute atomic E-state index is 0.156. The third-order valence-electron chi connectivity index (χ3n) is 6.25. The van der Waals surface area contributed by atoms with E-state index in [4.69, 9.17) is 14.1 Å². The van der Waals surface area contributed by atoms with Crippen LogP contribution in [0.5, 0.6) is 5.75 Å². The maximum atomic E-state index is 13.6. The van der Waals surface area contributed by atoms with Crippen molar-refractivity contribution in [3.05, 3.63) is 129 Å². The molecule has 0 atom stereocenters. The summed E-state index contributed by atoms with van der Waals surface area (Å²) in [5.74, 6) is 0.174. The molecule has 0 aliphatic heterocycles. The van der Waals surface area contributed by atoms with Gasteiger partial charge in [0.25, 0.3) is 5.56 Å². The van der Waals surface area contributed by atoms with E-state index in [2.05, 4.69) is 21.0 Å². The van der Waals surface area contributed by atoms with E-state index >= 15 is 0 Å². The van der Waals surface area contributed by atoms with Crippen LogP contribution in [-0.4, -0.2) is 27.0 Å². The molecule has 1 N–H and O–H groups in total. The largest absolute Gasteiger partial charge is 0.488 e. The van der Waals surface area contributed by atoms with Crippen molar-refractivity contribution in [2.75, 3.05) is 0 Å². The molecule has 0 unspecified atom stereocenters. The Morgan fingerprint density at radius 2 is 1.82 bits per heavy atom. The lowest BCUT2D eigenvalue weighted by molar-refractivity contribution is 0.0696. The average molecular weight is 594 g/mol. The van der Waals surface area contributed by atoms with Crippen LogP contribution >= 0.6 is 15.9 Å². The molecular weight excluding hydrogens is 574 g/mol. The maximum Gasteiger partial charge on any atom is 0.335 e. The van der Waals surface area contributed by atoms with Gasteiger partial charge in [-0.3, -0.25) is 4.79 Å². The summed E-state index contributed by atoms with van der Waals surface area (Å²) in [5.41, 5.74) is 2.36. The number of hydrogen-bond acceptors (Lipinski definition) is 6. The van der Waals surface area contributed by atoms with Gasteiger partial charge in [-0.25, -0.2) is 9.78 Å². The molecule has 0 aliphatic carbocycles. The third kappa shape index (κ3) is 5.02. The van der Waals surface area contributed by atoms with Gasteiger partial charge in [0, 0.05) is 15.4 Å². The van der Waals surface area contributed by atoms with Crippen LogP contribution in [0.4, 0.5) is 0 Å². The Morgan fingerprint density at radius 3 is 2.70 bits per heavy atom. The van der Waals surface area contributed by atoms with Gasteiger partial charge in [0.15, 0.2) is 5.76 Å². The molecule has 0 bridgehead atoms. The maximum absolute atomic E-state index is 13.6. The number of rotatable bonds is 7. The van der Waals surface area contributed by atoms with Crippen molar-refractivity contribution in [2.24, 2.45) is 5.10 Å². The van der Waals surface area contributed by atoms with E-state index in [1.54, 1.807) is 42.5 Å². The van der Waals surface area contributed by atoms with E-state index in [0.29, 0.717) is 39.1 Å². The van der Waals surface area contributed by atoms with Crippen LogP contribution in [-0.2, 0) is 6.61 Å². The van der Waals surface area contributed by atoms with Crippen molar-refractivity contribution in [1.82, 2.24) is 9.66 Å². The molecule has 0 spiro atoms. The predicted molar refractivity (Wildman–Crippen MR) is 156 cm³/mol. The van der Waals surface area contributed by atoms with E-state index in [9.17, 15) is 14.7 Å². The number of ether oxygens (including phenoxy) is 1. The number of aromatic carboxylic acids is 1. The zero-order valence-corrected chi connectivity index (χ0v) is 22.4. The summed E-state index contributed by atoms with van der Waals surface area (Å²) >= 11 is 3.48. The lowest BCUT2D eigenvalue weighted by atomic mass is 10.1. The molecule has 0 saturated carbocycles. The highest BCUT2D eigenvalue weighted by atomic mass is 79.9. The lowest BCUT2D eigenvalue weighted by Gasteiger charge is -2.10. The Labute approximate surface area is 235 Å². The molecule has 8 nitrogen and oxygen atoms in total. The topological polar surface area (TPSA) is 107 Å². The molecule has 6 rings (SSSR count). The first-order valence-corrected chi connectivity index (χ1v) is 13.1. The highest BCUT2D eigenvalue weighted by Gasteiger charge is 2.17. The normalized spacial score (nSPS) is 11.4. The molecule has 9 heteroatoms. The number of para-hydroxylation sites is 2. The third-order valence-corrected chi connectivity index (χ3v) is 6.75. The molecule has 0 amide bonds. The molecule has 0 aliphatic rings. The quantitative estimate of drug-likeness (QED) is 0.206. The van der Waals surface area contributed by atoms with Gasteiger partial charge >= 0.3 is 5.97 Å². The number of fused-ring (bicyclic) bond motifs is 2. The first-order valence-electron chi connectivity index (χ1n) is 12.3. The van der Waals surface area contributed by atoms with Gasteiger partial charge in [0.1, 0.15) is 17.9 Å². The second-order valence-corrected chi connectivity index (χ2v) is 9.85. The van der Waals surface area contributed by atoms with Gasteiger partial charge in [-0.15, -0.1) is 0 Å². The van der Waals surface area contributed by atoms with Gasteiger partial charge in [-0.05, 0) is 66.2 Å². The van der Waals surface area contributed by atoms with E-state index in [1.807, 2.05) is 48.5 Å². The van der Waals surface area contributed by atoms with Crippen molar-refractivity contribution in [1.29, 1.82) is 0 Å². The fourth-order valence-electron chi connectivity index (χ4n) is 4.31. The van der Waals surface area contributed by atoms with Crippen molar-refractivity contribution in [3.63, 3.8) is 0 Å². The predicted octanol–water partition coefficient (Wildman–Crippen LogP) is 6.73. The van der Waals surface area contributed by atoms with Crippen LogP contribution < -0.4 is 10.3 Å². The van der Waals surface area contributed by atoms with E-state index in [0.717, 1.165) is 9.86 Å². The van der Waals surface area contributed by atoms with Gasteiger partial charge in [0.05, 0.1) is 22.7 Å². The molecule has 2 aromatic heterocycles. The second kappa shape index (κ2) is 10.6.